The fourth-order valence-electron chi connectivity index (χ4n) is 3.51. The largest absolute Gasteiger partial charge is 0.481 e. The van der Waals surface area contributed by atoms with Crippen molar-refractivity contribution in [1.29, 1.82) is 0 Å². The Morgan fingerprint density at radius 3 is 2.71 bits per heavy atom. The summed E-state index contributed by atoms with van der Waals surface area (Å²) in [6.45, 7) is 7.07. The lowest BCUT2D eigenvalue weighted by Gasteiger charge is -2.32. The molecule has 0 bridgehead atoms. The van der Waals surface area contributed by atoms with Gasteiger partial charge < -0.3 is 5.11 Å². The number of carbonyl (C=O) groups is 1. The summed E-state index contributed by atoms with van der Waals surface area (Å²) in [6.07, 6.45) is 4.28. The minimum absolute atomic E-state index is 0.162. The third-order valence-electron chi connectivity index (χ3n) is 4.71. The zero-order valence-corrected chi connectivity index (χ0v) is 13.9. The van der Waals surface area contributed by atoms with Gasteiger partial charge in [-0.05, 0) is 50.9 Å². The van der Waals surface area contributed by atoms with Crippen molar-refractivity contribution in [3.8, 4) is 0 Å². The Kier molecular flexibility index (Phi) is 5.31. The third kappa shape index (κ3) is 3.42. The van der Waals surface area contributed by atoms with Gasteiger partial charge in [-0.25, -0.2) is 0 Å². The monoisotopic (exact) mass is 312 g/mol. The van der Waals surface area contributed by atoms with Crippen LogP contribution >= 0.6 is 11.6 Å². The summed E-state index contributed by atoms with van der Waals surface area (Å²) in [6, 6.07) is 0. The predicted molar refractivity (Wildman–Crippen MR) is 83.6 cm³/mol. The molecule has 0 saturated heterocycles. The molecule has 0 radical (unpaired) electrons. The Bertz CT molecular complexity index is 513. The summed E-state index contributed by atoms with van der Waals surface area (Å²) in [7, 11) is 0. The van der Waals surface area contributed by atoms with Crippen molar-refractivity contribution >= 4 is 17.6 Å². The molecule has 1 heterocycles. The van der Waals surface area contributed by atoms with Gasteiger partial charge in [0.05, 0.1) is 22.3 Å². The third-order valence-corrected chi connectivity index (χ3v) is 5.15. The number of carboxylic acids is 1. The van der Waals surface area contributed by atoms with E-state index < -0.39 is 5.97 Å². The predicted octanol–water partition coefficient (Wildman–Crippen LogP) is 3.80. The van der Waals surface area contributed by atoms with Gasteiger partial charge in [0.1, 0.15) is 0 Å². The van der Waals surface area contributed by atoms with E-state index in [9.17, 15) is 9.90 Å². The number of carboxylic acid groups (broad SMARTS) is 1. The molecule has 1 aliphatic carbocycles. The molecular formula is C16H25ClN2O2. The highest BCUT2D eigenvalue weighted by atomic mass is 35.5. The van der Waals surface area contributed by atoms with E-state index in [2.05, 4.69) is 12.0 Å². The molecule has 0 amide bonds. The van der Waals surface area contributed by atoms with Gasteiger partial charge in [0.15, 0.2) is 0 Å². The first-order valence-electron chi connectivity index (χ1n) is 7.94. The lowest BCUT2D eigenvalue weighted by molar-refractivity contribution is -0.145. The Hall–Kier alpha value is -1.03. The fourth-order valence-corrected chi connectivity index (χ4v) is 3.86. The number of nitrogens with zero attached hydrogens (tertiary/aromatic N) is 2. The highest BCUT2D eigenvalue weighted by molar-refractivity contribution is 6.31. The minimum atomic E-state index is -0.665. The molecule has 1 aromatic heterocycles. The first-order valence-corrected chi connectivity index (χ1v) is 8.32. The number of hydrogen-bond acceptors (Lipinski definition) is 2. The molecule has 118 valence electrons. The lowest BCUT2D eigenvalue weighted by atomic mass is 9.73. The molecule has 1 aromatic rings. The average molecular weight is 313 g/mol. The average Bonchev–Trinajstić information content (AvgIpc) is 2.75. The van der Waals surface area contributed by atoms with Gasteiger partial charge in [0.2, 0.25) is 0 Å². The van der Waals surface area contributed by atoms with Crippen LogP contribution in [0.1, 0.15) is 51.4 Å². The van der Waals surface area contributed by atoms with Crippen LogP contribution in [0.2, 0.25) is 5.02 Å². The molecule has 0 aliphatic heterocycles. The van der Waals surface area contributed by atoms with Crippen LogP contribution in [0.4, 0.5) is 0 Å². The SMILES string of the molecule is CCc1nn(CC)c(CC2CC(C)CCC2C(=O)O)c1Cl. The normalized spacial score (nSPS) is 26.0. The number of aliphatic carboxylic acids is 1. The van der Waals surface area contributed by atoms with Crippen molar-refractivity contribution in [1.82, 2.24) is 9.78 Å². The van der Waals surface area contributed by atoms with Gasteiger partial charge in [0.25, 0.3) is 0 Å². The van der Waals surface area contributed by atoms with Crippen molar-refractivity contribution in [3.05, 3.63) is 16.4 Å². The molecule has 1 N–H and O–H groups in total. The number of halogens is 1. The molecule has 1 fully saturated rings. The Morgan fingerprint density at radius 2 is 2.14 bits per heavy atom. The van der Waals surface area contributed by atoms with Crippen LogP contribution in [0.5, 0.6) is 0 Å². The Balaban J connectivity index is 2.26. The zero-order chi connectivity index (χ0) is 15.6. The van der Waals surface area contributed by atoms with E-state index in [0.29, 0.717) is 5.92 Å². The summed E-state index contributed by atoms with van der Waals surface area (Å²) in [4.78, 5) is 11.5. The maximum Gasteiger partial charge on any atom is 0.306 e. The second kappa shape index (κ2) is 6.82. The molecule has 1 aliphatic rings. The van der Waals surface area contributed by atoms with Gasteiger partial charge in [-0.15, -0.1) is 0 Å². The summed E-state index contributed by atoms with van der Waals surface area (Å²) in [5.41, 5.74) is 1.94. The summed E-state index contributed by atoms with van der Waals surface area (Å²) in [5.74, 6) is -0.160. The van der Waals surface area contributed by atoms with Crippen molar-refractivity contribution < 1.29 is 9.90 Å². The van der Waals surface area contributed by atoms with E-state index in [4.69, 9.17) is 11.6 Å². The second-order valence-electron chi connectivity index (χ2n) is 6.20. The first kappa shape index (κ1) is 16.3. The second-order valence-corrected chi connectivity index (χ2v) is 6.58. The van der Waals surface area contributed by atoms with Crippen molar-refractivity contribution in [2.45, 2.75) is 59.4 Å². The van der Waals surface area contributed by atoms with Crippen LogP contribution in [0, 0.1) is 17.8 Å². The number of aryl methyl sites for hydroxylation is 2. The molecule has 21 heavy (non-hydrogen) atoms. The quantitative estimate of drug-likeness (QED) is 0.899. The molecule has 5 heteroatoms. The van der Waals surface area contributed by atoms with Crippen LogP contribution in [0.25, 0.3) is 0 Å². The summed E-state index contributed by atoms with van der Waals surface area (Å²) >= 11 is 6.46. The molecule has 0 aromatic carbocycles. The van der Waals surface area contributed by atoms with Crippen molar-refractivity contribution in [2.24, 2.45) is 17.8 Å². The van der Waals surface area contributed by atoms with E-state index in [1.54, 1.807) is 0 Å². The van der Waals surface area contributed by atoms with Gasteiger partial charge in [-0.2, -0.15) is 5.10 Å². The lowest BCUT2D eigenvalue weighted by Crippen LogP contribution is -2.31. The standard InChI is InChI=1S/C16H25ClN2O2/c1-4-13-15(17)14(19(5-2)18-13)9-11-8-10(3)6-7-12(11)16(20)21/h10-12H,4-9H2,1-3H3,(H,20,21). The highest BCUT2D eigenvalue weighted by Crippen LogP contribution is 2.37. The van der Waals surface area contributed by atoms with Gasteiger partial charge in [-0.3, -0.25) is 9.48 Å². The molecular weight excluding hydrogens is 288 g/mol. The first-order chi connectivity index (χ1) is 9.97. The Morgan fingerprint density at radius 1 is 1.43 bits per heavy atom. The van der Waals surface area contributed by atoms with E-state index >= 15 is 0 Å². The van der Waals surface area contributed by atoms with Crippen molar-refractivity contribution in [3.63, 3.8) is 0 Å². The molecule has 1 saturated carbocycles. The van der Waals surface area contributed by atoms with Crippen molar-refractivity contribution in [2.75, 3.05) is 0 Å². The fraction of sp³-hybridized carbons (Fsp3) is 0.750. The van der Waals surface area contributed by atoms with Crippen LogP contribution in [-0.4, -0.2) is 20.9 Å². The van der Waals surface area contributed by atoms with Crippen LogP contribution in [0.3, 0.4) is 0 Å². The molecule has 0 spiro atoms. The summed E-state index contributed by atoms with van der Waals surface area (Å²) in [5, 5.41) is 14.7. The van der Waals surface area contributed by atoms with Gasteiger partial charge in [0, 0.05) is 6.54 Å². The van der Waals surface area contributed by atoms with Gasteiger partial charge >= 0.3 is 5.97 Å². The minimum Gasteiger partial charge on any atom is -0.481 e. The van der Waals surface area contributed by atoms with Gasteiger partial charge in [-0.1, -0.05) is 25.4 Å². The Labute approximate surface area is 131 Å². The molecule has 4 nitrogen and oxygen atoms in total. The topological polar surface area (TPSA) is 55.1 Å². The van der Waals surface area contributed by atoms with E-state index in [1.807, 2.05) is 18.5 Å². The van der Waals surface area contributed by atoms with E-state index in [0.717, 1.165) is 55.1 Å². The molecule has 2 rings (SSSR count). The number of aromatic nitrogens is 2. The molecule has 3 atom stereocenters. The summed E-state index contributed by atoms with van der Waals surface area (Å²) < 4.78 is 1.94. The van der Waals surface area contributed by atoms with Crippen LogP contribution < -0.4 is 0 Å². The van der Waals surface area contributed by atoms with E-state index in [-0.39, 0.29) is 11.8 Å². The smallest absolute Gasteiger partial charge is 0.306 e. The van der Waals surface area contributed by atoms with Crippen LogP contribution in [-0.2, 0) is 24.2 Å². The van der Waals surface area contributed by atoms with Crippen LogP contribution in [0.15, 0.2) is 0 Å². The van der Waals surface area contributed by atoms with E-state index in [1.165, 1.54) is 0 Å². The zero-order valence-electron chi connectivity index (χ0n) is 13.1. The maximum atomic E-state index is 11.5. The highest BCUT2D eigenvalue weighted by Gasteiger charge is 2.34. The number of rotatable bonds is 5. The molecule has 3 unspecified atom stereocenters. The maximum absolute atomic E-state index is 11.5. The number of hydrogen-bond donors (Lipinski definition) is 1.